The van der Waals surface area contributed by atoms with E-state index in [1.165, 1.54) is 12.1 Å². The molecule has 6 nitrogen and oxygen atoms in total. The van der Waals surface area contributed by atoms with E-state index in [-0.39, 0.29) is 29.4 Å². The quantitative estimate of drug-likeness (QED) is 0.689. The van der Waals surface area contributed by atoms with Crippen LogP contribution < -0.4 is 4.74 Å². The number of halogens is 1. The molecule has 0 atom stereocenters. The zero-order chi connectivity index (χ0) is 15.4. The molecular formula is C14H9ClN2O4. The van der Waals surface area contributed by atoms with Gasteiger partial charge in [0.15, 0.2) is 0 Å². The van der Waals surface area contributed by atoms with Crippen LogP contribution in [0.3, 0.4) is 0 Å². The maximum atomic E-state index is 11.0. The lowest BCUT2D eigenvalue weighted by Gasteiger charge is -2.11. The molecule has 1 N–H and O–H groups in total. The standard InChI is InChI=1S/C14H9ClN2O4/c15-11-2-1-3-13(10(11)8-18)21-14-5-4-9(7-16)6-12(14)17(19)20/h1-6,18H,8H2. The number of rotatable bonds is 4. The van der Waals surface area contributed by atoms with Crippen LogP contribution in [0.15, 0.2) is 36.4 Å². The molecule has 0 heterocycles. The van der Waals surface area contributed by atoms with Gasteiger partial charge in [0, 0.05) is 16.7 Å². The fraction of sp³-hybridized carbons (Fsp3) is 0.0714. The molecule has 0 aliphatic rings. The van der Waals surface area contributed by atoms with E-state index in [4.69, 9.17) is 21.6 Å². The van der Waals surface area contributed by atoms with E-state index in [1.54, 1.807) is 18.2 Å². The number of nitro benzene ring substituents is 1. The lowest BCUT2D eigenvalue weighted by molar-refractivity contribution is -0.385. The molecule has 0 spiro atoms. The molecule has 106 valence electrons. The van der Waals surface area contributed by atoms with Crippen LogP contribution in [0.2, 0.25) is 5.02 Å². The Bertz CT molecular complexity index is 740. The first-order valence-electron chi connectivity index (χ1n) is 5.81. The Kier molecular flexibility index (Phi) is 4.38. The van der Waals surface area contributed by atoms with E-state index in [0.717, 1.165) is 6.07 Å². The molecule has 2 aromatic carbocycles. The number of nitriles is 1. The van der Waals surface area contributed by atoms with E-state index in [9.17, 15) is 15.2 Å². The zero-order valence-electron chi connectivity index (χ0n) is 10.6. The summed E-state index contributed by atoms with van der Waals surface area (Å²) in [6.45, 7) is -0.362. The summed E-state index contributed by atoms with van der Waals surface area (Å²) >= 11 is 5.93. The molecule has 2 aromatic rings. The smallest absolute Gasteiger partial charge is 0.312 e. The highest BCUT2D eigenvalue weighted by Crippen LogP contribution is 2.35. The second kappa shape index (κ2) is 6.22. The maximum Gasteiger partial charge on any atom is 0.312 e. The predicted molar refractivity (Wildman–Crippen MR) is 75.3 cm³/mol. The third-order valence-electron chi connectivity index (χ3n) is 2.74. The normalized spacial score (nSPS) is 9.95. The van der Waals surface area contributed by atoms with E-state index in [0.29, 0.717) is 10.6 Å². The highest BCUT2D eigenvalue weighted by molar-refractivity contribution is 6.31. The van der Waals surface area contributed by atoms with Crippen molar-refractivity contribution in [2.24, 2.45) is 0 Å². The average molecular weight is 305 g/mol. The molecule has 0 fully saturated rings. The summed E-state index contributed by atoms with van der Waals surface area (Å²) in [5, 5.41) is 29.4. The Morgan fingerprint density at radius 3 is 2.71 bits per heavy atom. The van der Waals surface area contributed by atoms with Crippen LogP contribution in [0, 0.1) is 21.4 Å². The summed E-state index contributed by atoms with van der Waals surface area (Å²) in [4.78, 5) is 10.4. The highest BCUT2D eigenvalue weighted by Gasteiger charge is 2.18. The van der Waals surface area contributed by atoms with Crippen molar-refractivity contribution < 1.29 is 14.8 Å². The fourth-order valence-electron chi connectivity index (χ4n) is 1.72. The third kappa shape index (κ3) is 3.11. The molecule has 0 bridgehead atoms. The van der Waals surface area contributed by atoms with Crippen molar-refractivity contribution in [2.75, 3.05) is 0 Å². The van der Waals surface area contributed by atoms with E-state index in [1.807, 2.05) is 6.07 Å². The largest absolute Gasteiger partial charge is 0.450 e. The first-order valence-corrected chi connectivity index (χ1v) is 6.19. The van der Waals surface area contributed by atoms with Gasteiger partial charge in [0.2, 0.25) is 5.75 Å². The molecule has 0 aliphatic carbocycles. The van der Waals surface area contributed by atoms with Crippen molar-refractivity contribution in [3.8, 4) is 17.6 Å². The van der Waals surface area contributed by atoms with Crippen molar-refractivity contribution in [2.45, 2.75) is 6.61 Å². The summed E-state index contributed by atoms with van der Waals surface area (Å²) in [5.74, 6) is 0.189. The molecular weight excluding hydrogens is 296 g/mol. The van der Waals surface area contributed by atoms with Crippen LogP contribution in [0.1, 0.15) is 11.1 Å². The van der Waals surface area contributed by atoms with Crippen molar-refractivity contribution in [1.29, 1.82) is 5.26 Å². The van der Waals surface area contributed by atoms with Crippen LogP contribution in [0.5, 0.6) is 11.5 Å². The molecule has 0 saturated heterocycles. The first kappa shape index (κ1) is 14.8. The van der Waals surface area contributed by atoms with Gasteiger partial charge in [-0.15, -0.1) is 0 Å². The number of aliphatic hydroxyl groups excluding tert-OH is 1. The van der Waals surface area contributed by atoms with Gasteiger partial charge in [-0.3, -0.25) is 10.1 Å². The zero-order valence-corrected chi connectivity index (χ0v) is 11.4. The summed E-state index contributed by atoms with van der Waals surface area (Å²) in [6, 6.07) is 10.4. The Morgan fingerprint density at radius 1 is 1.33 bits per heavy atom. The van der Waals surface area contributed by atoms with Crippen LogP contribution in [0.4, 0.5) is 5.69 Å². The van der Waals surface area contributed by atoms with Gasteiger partial charge in [-0.25, -0.2) is 0 Å². The van der Waals surface area contributed by atoms with Gasteiger partial charge in [-0.2, -0.15) is 5.26 Å². The highest BCUT2D eigenvalue weighted by atomic mass is 35.5. The van der Waals surface area contributed by atoms with E-state index < -0.39 is 4.92 Å². The Hall–Kier alpha value is -2.62. The summed E-state index contributed by atoms with van der Waals surface area (Å²) in [6.07, 6.45) is 0. The third-order valence-corrected chi connectivity index (χ3v) is 3.09. The van der Waals surface area contributed by atoms with Crippen LogP contribution in [-0.4, -0.2) is 10.0 Å². The molecule has 0 unspecified atom stereocenters. The SMILES string of the molecule is N#Cc1ccc(Oc2cccc(Cl)c2CO)c([N+](=O)[O-])c1. The molecule has 21 heavy (non-hydrogen) atoms. The number of benzene rings is 2. The van der Waals surface area contributed by atoms with Gasteiger partial charge in [-0.05, 0) is 24.3 Å². The van der Waals surface area contributed by atoms with Gasteiger partial charge in [0.1, 0.15) is 5.75 Å². The molecule has 0 amide bonds. The Balaban J connectivity index is 2.47. The lowest BCUT2D eigenvalue weighted by atomic mass is 10.2. The number of aliphatic hydroxyl groups is 1. The van der Waals surface area contributed by atoms with Gasteiger partial charge >= 0.3 is 5.69 Å². The number of nitro groups is 1. The lowest BCUT2D eigenvalue weighted by Crippen LogP contribution is -1.97. The molecule has 0 aromatic heterocycles. The Morgan fingerprint density at radius 2 is 2.10 bits per heavy atom. The number of ether oxygens (including phenoxy) is 1. The molecule has 7 heteroatoms. The van der Waals surface area contributed by atoms with Gasteiger partial charge in [0.25, 0.3) is 0 Å². The number of hydrogen-bond acceptors (Lipinski definition) is 5. The van der Waals surface area contributed by atoms with Gasteiger partial charge in [0.05, 0.1) is 23.2 Å². The topological polar surface area (TPSA) is 96.4 Å². The second-order valence-electron chi connectivity index (χ2n) is 4.03. The molecule has 0 saturated carbocycles. The average Bonchev–Trinajstić information content (AvgIpc) is 2.47. The molecule has 2 rings (SSSR count). The minimum Gasteiger partial charge on any atom is -0.450 e. The van der Waals surface area contributed by atoms with Crippen molar-refractivity contribution in [3.05, 3.63) is 62.7 Å². The van der Waals surface area contributed by atoms with Crippen LogP contribution in [-0.2, 0) is 6.61 Å². The summed E-state index contributed by atoms with van der Waals surface area (Å²) < 4.78 is 5.48. The van der Waals surface area contributed by atoms with Crippen molar-refractivity contribution >= 4 is 17.3 Å². The number of nitrogens with zero attached hydrogens (tertiary/aromatic N) is 2. The second-order valence-corrected chi connectivity index (χ2v) is 4.44. The first-order chi connectivity index (χ1) is 10.1. The van der Waals surface area contributed by atoms with Gasteiger partial charge in [-0.1, -0.05) is 17.7 Å². The molecule has 0 radical (unpaired) electrons. The molecule has 0 aliphatic heterocycles. The monoisotopic (exact) mass is 304 g/mol. The van der Waals surface area contributed by atoms with E-state index >= 15 is 0 Å². The summed E-state index contributed by atoms with van der Waals surface area (Å²) in [5.41, 5.74) is 0.151. The van der Waals surface area contributed by atoms with Crippen molar-refractivity contribution in [3.63, 3.8) is 0 Å². The fourth-order valence-corrected chi connectivity index (χ4v) is 1.95. The van der Waals surface area contributed by atoms with Crippen LogP contribution >= 0.6 is 11.6 Å². The minimum absolute atomic E-state index is 0.0315. The predicted octanol–water partition coefficient (Wildman–Crippen LogP) is 3.40. The maximum absolute atomic E-state index is 11.0. The Labute approximate surface area is 124 Å². The van der Waals surface area contributed by atoms with Gasteiger partial charge < -0.3 is 9.84 Å². The van der Waals surface area contributed by atoms with Crippen molar-refractivity contribution in [1.82, 2.24) is 0 Å². The minimum atomic E-state index is -0.640. The number of hydrogen-bond donors (Lipinski definition) is 1. The van der Waals surface area contributed by atoms with Crippen LogP contribution in [0.25, 0.3) is 0 Å². The summed E-state index contributed by atoms with van der Waals surface area (Å²) in [7, 11) is 0. The van der Waals surface area contributed by atoms with E-state index in [2.05, 4.69) is 0 Å².